The van der Waals surface area contributed by atoms with Gasteiger partial charge in [-0.15, -0.1) is 0 Å². The Bertz CT molecular complexity index is 215. The number of nitrogens with two attached hydrogens (primary N) is 1. The van der Waals surface area contributed by atoms with Gasteiger partial charge in [-0.25, -0.2) is 0 Å². The third-order valence-electron chi connectivity index (χ3n) is 3.20. The van der Waals surface area contributed by atoms with E-state index < -0.39 is 0 Å². The Morgan fingerprint density at radius 3 is 2.71 bits per heavy atom. The molecule has 1 aliphatic heterocycles. The monoisotopic (exact) mass is 197 g/mol. The summed E-state index contributed by atoms with van der Waals surface area (Å²) in [6, 6.07) is 0.704. The van der Waals surface area contributed by atoms with E-state index in [1.807, 2.05) is 0 Å². The molecule has 2 atom stereocenters. The van der Waals surface area contributed by atoms with Gasteiger partial charge in [-0.05, 0) is 25.2 Å². The molecule has 1 saturated carbocycles. The summed E-state index contributed by atoms with van der Waals surface area (Å²) in [5.41, 5.74) is 5.80. The van der Waals surface area contributed by atoms with E-state index in [1.165, 1.54) is 0 Å². The van der Waals surface area contributed by atoms with E-state index >= 15 is 0 Å². The van der Waals surface area contributed by atoms with E-state index in [4.69, 9.17) is 5.73 Å². The molecule has 1 heterocycles. The van der Waals surface area contributed by atoms with Crippen molar-refractivity contribution < 1.29 is 4.79 Å². The van der Waals surface area contributed by atoms with E-state index in [-0.39, 0.29) is 5.91 Å². The molecule has 2 unspecified atom stereocenters. The number of hydrogen-bond acceptors (Lipinski definition) is 3. The number of amides is 1. The summed E-state index contributed by atoms with van der Waals surface area (Å²) in [5.74, 6) is 0.730. The second kappa shape index (κ2) is 4.28. The molecule has 0 bridgehead atoms. The van der Waals surface area contributed by atoms with E-state index in [0.29, 0.717) is 24.4 Å². The number of hydrogen-bond donors (Lipinski definition) is 3. The quantitative estimate of drug-likeness (QED) is 0.576. The second-order valence-electron chi connectivity index (χ2n) is 4.57. The molecule has 80 valence electrons. The van der Waals surface area contributed by atoms with Gasteiger partial charge in [0.25, 0.3) is 0 Å². The molecule has 0 aromatic rings. The Morgan fingerprint density at radius 1 is 1.43 bits per heavy atom. The van der Waals surface area contributed by atoms with Crippen LogP contribution in [0.2, 0.25) is 0 Å². The smallest absolute Gasteiger partial charge is 0.220 e. The summed E-state index contributed by atoms with van der Waals surface area (Å²) >= 11 is 0. The van der Waals surface area contributed by atoms with Crippen molar-refractivity contribution in [3.63, 3.8) is 0 Å². The zero-order valence-corrected chi connectivity index (χ0v) is 8.46. The van der Waals surface area contributed by atoms with Crippen molar-refractivity contribution in [3.8, 4) is 0 Å². The normalized spacial score (nSPS) is 32.6. The lowest BCUT2D eigenvalue weighted by atomic mass is 10.0. The average molecular weight is 197 g/mol. The van der Waals surface area contributed by atoms with Gasteiger partial charge in [0.15, 0.2) is 0 Å². The van der Waals surface area contributed by atoms with Gasteiger partial charge in [0.05, 0.1) is 6.04 Å². The minimum Gasteiger partial charge on any atom is -0.351 e. The third kappa shape index (κ3) is 2.45. The van der Waals surface area contributed by atoms with Gasteiger partial charge < -0.3 is 16.4 Å². The van der Waals surface area contributed by atoms with Crippen LogP contribution in [0.1, 0.15) is 25.7 Å². The molecule has 1 saturated heterocycles. The fourth-order valence-electron chi connectivity index (χ4n) is 2.24. The fraction of sp³-hybridized carbons (Fsp3) is 0.900. The fourth-order valence-corrected chi connectivity index (χ4v) is 2.24. The maximum atomic E-state index is 11.5. The average Bonchev–Trinajstić information content (AvgIpc) is 2.44. The van der Waals surface area contributed by atoms with Gasteiger partial charge in [0, 0.05) is 25.6 Å². The highest BCUT2D eigenvalue weighted by Gasteiger charge is 2.25. The molecule has 1 aliphatic carbocycles. The Balaban J connectivity index is 1.66. The van der Waals surface area contributed by atoms with Crippen molar-refractivity contribution >= 4 is 5.91 Å². The van der Waals surface area contributed by atoms with Crippen LogP contribution < -0.4 is 16.4 Å². The molecule has 2 rings (SSSR count). The summed E-state index contributed by atoms with van der Waals surface area (Å²) < 4.78 is 0. The van der Waals surface area contributed by atoms with Crippen molar-refractivity contribution in [2.75, 3.05) is 13.1 Å². The van der Waals surface area contributed by atoms with Crippen molar-refractivity contribution in [1.82, 2.24) is 10.6 Å². The van der Waals surface area contributed by atoms with Crippen LogP contribution in [0.15, 0.2) is 0 Å². The molecule has 4 N–H and O–H groups in total. The van der Waals surface area contributed by atoms with Crippen molar-refractivity contribution in [2.45, 2.75) is 37.8 Å². The standard InChI is InChI=1S/C10H19N3O/c11-8-2-1-7(3-8)4-10(14)13-9-5-12-6-9/h7-9,12H,1-6,11H2,(H,13,14). The molecule has 4 heteroatoms. The largest absolute Gasteiger partial charge is 0.351 e. The zero-order chi connectivity index (χ0) is 9.97. The van der Waals surface area contributed by atoms with E-state index in [0.717, 1.165) is 32.4 Å². The third-order valence-corrected chi connectivity index (χ3v) is 3.20. The molecule has 0 aromatic carbocycles. The van der Waals surface area contributed by atoms with Gasteiger partial charge in [0.1, 0.15) is 0 Å². The van der Waals surface area contributed by atoms with E-state index in [2.05, 4.69) is 10.6 Å². The lowest BCUT2D eigenvalue weighted by molar-refractivity contribution is -0.123. The molecule has 0 radical (unpaired) electrons. The molecular weight excluding hydrogens is 178 g/mol. The van der Waals surface area contributed by atoms with Gasteiger partial charge in [-0.3, -0.25) is 4.79 Å². The van der Waals surface area contributed by atoms with Crippen LogP contribution in [-0.4, -0.2) is 31.1 Å². The number of rotatable bonds is 3. The first-order valence-corrected chi connectivity index (χ1v) is 5.49. The topological polar surface area (TPSA) is 67.2 Å². The summed E-state index contributed by atoms with van der Waals surface area (Å²) in [6.45, 7) is 1.85. The molecule has 14 heavy (non-hydrogen) atoms. The van der Waals surface area contributed by atoms with Crippen LogP contribution in [0.3, 0.4) is 0 Å². The predicted octanol–water partition coefficient (Wildman–Crippen LogP) is -0.408. The van der Waals surface area contributed by atoms with Crippen LogP contribution in [0.4, 0.5) is 0 Å². The lowest BCUT2D eigenvalue weighted by Gasteiger charge is -2.28. The van der Waals surface area contributed by atoms with Crippen LogP contribution in [0.25, 0.3) is 0 Å². The van der Waals surface area contributed by atoms with Crippen LogP contribution in [0.5, 0.6) is 0 Å². The molecule has 0 aromatic heterocycles. The minimum atomic E-state index is 0.204. The van der Waals surface area contributed by atoms with Gasteiger partial charge >= 0.3 is 0 Å². The van der Waals surface area contributed by atoms with Crippen molar-refractivity contribution in [1.29, 1.82) is 0 Å². The van der Waals surface area contributed by atoms with Crippen LogP contribution in [0, 0.1) is 5.92 Å². The van der Waals surface area contributed by atoms with E-state index in [9.17, 15) is 4.79 Å². The van der Waals surface area contributed by atoms with Crippen molar-refractivity contribution in [3.05, 3.63) is 0 Å². The summed E-state index contributed by atoms with van der Waals surface area (Å²) in [7, 11) is 0. The number of carbonyl (C=O) groups is 1. The van der Waals surface area contributed by atoms with Crippen LogP contribution in [-0.2, 0) is 4.79 Å². The van der Waals surface area contributed by atoms with Gasteiger partial charge in [0.2, 0.25) is 5.91 Å². The van der Waals surface area contributed by atoms with Gasteiger partial charge in [-0.2, -0.15) is 0 Å². The maximum absolute atomic E-state index is 11.5. The van der Waals surface area contributed by atoms with Gasteiger partial charge in [-0.1, -0.05) is 0 Å². The highest BCUT2D eigenvalue weighted by atomic mass is 16.1. The summed E-state index contributed by atoms with van der Waals surface area (Å²) in [4.78, 5) is 11.5. The van der Waals surface area contributed by atoms with Crippen LogP contribution >= 0.6 is 0 Å². The SMILES string of the molecule is NC1CCC(CC(=O)NC2CNC2)C1. The van der Waals surface area contributed by atoms with Crippen molar-refractivity contribution in [2.24, 2.45) is 11.7 Å². The number of carbonyl (C=O) groups excluding carboxylic acids is 1. The first-order valence-electron chi connectivity index (χ1n) is 5.49. The first kappa shape index (κ1) is 9.93. The summed E-state index contributed by atoms with van der Waals surface area (Å²) in [6.07, 6.45) is 3.90. The Labute approximate surface area is 84.6 Å². The Morgan fingerprint density at radius 2 is 2.21 bits per heavy atom. The predicted molar refractivity (Wildman–Crippen MR) is 54.7 cm³/mol. The number of nitrogens with one attached hydrogen (secondary N) is 2. The highest BCUT2D eigenvalue weighted by Crippen LogP contribution is 2.26. The molecule has 2 fully saturated rings. The molecule has 4 nitrogen and oxygen atoms in total. The highest BCUT2D eigenvalue weighted by molar-refractivity contribution is 5.76. The van der Waals surface area contributed by atoms with E-state index in [1.54, 1.807) is 0 Å². The molecular formula is C10H19N3O. The summed E-state index contributed by atoms with van der Waals surface area (Å²) in [5, 5.41) is 6.15. The minimum absolute atomic E-state index is 0.204. The zero-order valence-electron chi connectivity index (χ0n) is 8.46. The second-order valence-corrected chi connectivity index (χ2v) is 4.57. The maximum Gasteiger partial charge on any atom is 0.220 e. The Hall–Kier alpha value is -0.610. The lowest BCUT2D eigenvalue weighted by Crippen LogP contribution is -2.57. The molecule has 0 spiro atoms. The molecule has 2 aliphatic rings. The first-order chi connectivity index (χ1) is 6.74. The molecule has 1 amide bonds. The Kier molecular flexibility index (Phi) is 3.03.